The average molecular weight is 370 g/mol. The van der Waals surface area contributed by atoms with Gasteiger partial charge in [0.1, 0.15) is 22.8 Å². The van der Waals surface area contributed by atoms with Crippen molar-refractivity contribution in [1.29, 1.82) is 0 Å². The van der Waals surface area contributed by atoms with Crippen LogP contribution in [0.5, 0.6) is 17.2 Å². The average Bonchev–Trinajstić information content (AvgIpc) is 2.38. The predicted octanol–water partition coefficient (Wildman–Crippen LogP) is 3.79. The van der Waals surface area contributed by atoms with E-state index in [-0.39, 0.29) is 11.3 Å². The molecule has 0 aliphatic heterocycles. The van der Waals surface area contributed by atoms with Crippen molar-refractivity contribution < 1.29 is 19.4 Å². The molecule has 0 heterocycles. The molecule has 0 unspecified atom stereocenters. The van der Waals surface area contributed by atoms with Gasteiger partial charge in [-0.25, -0.2) is 4.79 Å². The Labute approximate surface area is 124 Å². The number of carboxylic acid groups (broad SMARTS) is 1. The Kier molecular flexibility index (Phi) is 4.26. The molecule has 2 rings (SSSR count). The normalized spacial score (nSPS) is 10.0. The zero-order valence-corrected chi connectivity index (χ0v) is 12.2. The molecule has 0 aliphatic carbocycles. The maximum absolute atomic E-state index is 11.2. The maximum atomic E-state index is 11.2. The fourth-order valence-electron chi connectivity index (χ4n) is 1.55. The second kappa shape index (κ2) is 5.92. The van der Waals surface area contributed by atoms with Gasteiger partial charge in [-0.15, -0.1) is 0 Å². The third-order valence-corrected chi connectivity index (χ3v) is 3.11. The van der Waals surface area contributed by atoms with Crippen molar-refractivity contribution in [2.45, 2.75) is 0 Å². The summed E-state index contributed by atoms with van der Waals surface area (Å²) in [5.41, 5.74) is 0.0969. The van der Waals surface area contributed by atoms with E-state index in [0.29, 0.717) is 11.5 Å². The minimum atomic E-state index is -1.04. The number of aromatic carboxylic acids is 1. The molecule has 5 heteroatoms. The van der Waals surface area contributed by atoms with Crippen molar-refractivity contribution in [2.24, 2.45) is 0 Å². The van der Waals surface area contributed by atoms with Crippen molar-refractivity contribution in [1.82, 2.24) is 0 Å². The lowest BCUT2D eigenvalue weighted by atomic mass is 10.2. The lowest BCUT2D eigenvalue weighted by Gasteiger charge is -2.10. The van der Waals surface area contributed by atoms with Crippen LogP contribution in [0.1, 0.15) is 10.4 Å². The van der Waals surface area contributed by atoms with Crippen LogP contribution in [0.3, 0.4) is 0 Å². The molecule has 1 N–H and O–H groups in total. The Hall–Kier alpha value is -1.76. The summed E-state index contributed by atoms with van der Waals surface area (Å²) >= 11 is 2.16. The Bertz CT molecular complexity index is 610. The van der Waals surface area contributed by atoms with E-state index < -0.39 is 5.97 Å². The van der Waals surface area contributed by atoms with Gasteiger partial charge < -0.3 is 14.6 Å². The summed E-state index contributed by atoms with van der Waals surface area (Å²) in [5.74, 6) is 0.352. The quantitative estimate of drug-likeness (QED) is 0.833. The zero-order valence-electron chi connectivity index (χ0n) is 10.1. The van der Waals surface area contributed by atoms with Crippen molar-refractivity contribution in [3.8, 4) is 17.2 Å². The van der Waals surface area contributed by atoms with Crippen LogP contribution < -0.4 is 9.47 Å². The molecule has 0 amide bonds. The number of benzene rings is 2. The molecule has 2 aromatic carbocycles. The van der Waals surface area contributed by atoms with Crippen LogP contribution in [0, 0.1) is 3.57 Å². The van der Waals surface area contributed by atoms with E-state index in [1.54, 1.807) is 18.2 Å². The van der Waals surface area contributed by atoms with Crippen LogP contribution in [-0.4, -0.2) is 18.2 Å². The number of ether oxygens (including phenoxy) is 2. The van der Waals surface area contributed by atoms with Crippen LogP contribution in [0.4, 0.5) is 0 Å². The van der Waals surface area contributed by atoms with Crippen LogP contribution in [-0.2, 0) is 0 Å². The summed E-state index contributed by atoms with van der Waals surface area (Å²) in [7, 11) is 1.52. The molecule has 0 aromatic heterocycles. The number of methoxy groups -OCH3 is 1. The van der Waals surface area contributed by atoms with Crippen LogP contribution in [0.15, 0.2) is 42.5 Å². The smallest absolute Gasteiger partial charge is 0.339 e. The molecule has 0 spiro atoms. The molecule has 19 heavy (non-hydrogen) atoms. The number of hydrogen-bond acceptors (Lipinski definition) is 3. The molecule has 2 aromatic rings. The maximum Gasteiger partial charge on any atom is 0.339 e. The number of hydrogen-bond donors (Lipinski definition) is 1. The molecular weight excluding hydrogens is 359 g/mol. The molecule has 0 bridgehead atoms. The van der Waals surface area contributed by atoms with Gasteiger partial charge in [-0.1, -0.05) is 6.07 Å². The zero-order chi connectivity index (χ0) is 13.8. The van der Waals surface area contributed by atoms with E-state index in [2.05, 4.69) is 22.6 Å². The molecule has 98 valence electrons. The third-order valence-electron chi connectivity index (χ3n) is 2.44. The summed E-state index contributed by atoms with van der Waals surface area (Å²) in [6.07, 6.45) is 0. The Balaban J connectivity index is 2.39. The van der Waals surface area contributed by atoms with E-state index in [9.17, 15) is 4.79 Å². The summed E-state index contributed by atoms with van der Waals surface area (Å²) in [5, 5.41) is 9.14. The largest absolute Gasteiger partial charge is 0.497 e. The van der Waals surface area contributed by atoms with E-state index >= 15 is 0 Å². The highest BCUT2D eigenvalue weighted by Gasteiger charge is 2.13. The fraction of sp³-hybridized carbons (Fsp3) is 0.0714. The second-order valence-electron chi connectivity index (χ2n) is 3.73. The Morgan fingerprint density at radius 1 is 1.16 bits per heavy atom. The third kappa shape index (κ3) is 3.37. The minimum Gasteiger partial charge on any atom is -0.497 e. The van der Waals surface area contributed by atoms with E-state index in [4.69, 9.17) is 14.6 Å². The Morgan fingerprint density at radius 3 is 2.58 bits per heavy atom. The highest BCUT2D eigenvalue weighted by Crippen LogP contribution is 2.30. The van der Waals surface area contributed by atoms with E-state index in [1.807, 2.05) is 18.2 Å². The van der Waals surface area contributed by atoms with Crippen molar-refractivity contribution in [3.05, 3.63) is 51.6 Å². The van der Waals surface area contributed by atoms with Gasteiger partial charge in [-0.05, 0) is 52.9 Å². The van der Waals surface area contributed by atoms with Gasteiger partial charge in [0.15, 0.2) is 0 Å². The molecule has 0 fully saturated rings. The van der Waals surface area contributed by atoms with Crippen molar-refractivity contribution in [2.75, 3.05) is 7.11 Å². The van der Waals surface area contributed by atoms with Gasteiger partial charge in [0.2, 0.25) is 0 Å². The first-order chi connectivity index (χ1) is 9.10. The van der Waals surface area contributed by atoms with Crippen LogP contribution in [0.25, 0.3) is 0 Å². The fourth-order valence-corrected chi connectivity index (χ4v) is 2.06. The number of rotatable bonds is 4. The van der Waals surface area contributed by atoms with Crippen molar-refractivity contribution >= 4 is 28.6 Å². The molecule has 0 saturated heterocycles. The van der Waals surface area contributed by atoms with Gasteiger partial charge in [-0.3, -0.25) is 0 Å². The van der Waals surface area contributed by atoms with Gasteiger partial charge in [0.05, 0.1) is 7.11 Å². The molecular formula is C14H11IO4. The lowest BCUT2D eigenvalue weighted by molar-refractivity contribution is 0.0694. The van der Waals surface area contributed by atoms with Gasteiger partial charge in [0.25, 0.3) is 0 Å². The topological polar surface area (TPSA) is 55.8 Å². The molecule has 0 aliphatic rings. The van der Waals surface area contributed by atoms with Gasteiger partial charge in [-0.2, -0.15) is 0 Å². The van der Waals surface area contributed by atoms with Crippen LogP contribution >= 0.6 is 22.6 Å². The lowest BCUT2D eigenvalue weighted by Crippen LogP contribution is -2.00. The second-order valence-corrected chi connectivity index (χ2v) is 4.97. The summed E-state index contributed by atoms with van der Waals surface area (Å²) in [6, 6.07) is 12.0. The first-order valence-corrected chi connectivity index (χ1v) is 6.53. The molecule has 0 atom stereocenters. The monoisotopic (exact) mass is 370 g/mol. The summed E-state index contributed by atoms with van der Waals surface area (Å²) in [4.78, 5) is 11.2. The number of carboxylic acids is 1. The Morgan fingerprint density at radius 2 is 1.95 bits per heavy atom. The molecule has 4 nitrogen and oxygen atoms in total. The first-order valence-electron chi connectivity index (χ1n) is 5.45. The minimum absolute atomic E-state index is 0.0969. The van der Waals surface area contributed by atoms with Gasteiger partial charge in [0, 0.05) is 9.64 Å². The molecule has 0 saturated carbocycles. The van der Waals surface area contributed by atoms with Gasteiger partial charge >= 0.3 is 5.97 Å². The SMILES string of the molecule is COc1ccc(C(=O)O)c(Oc2cccc(I)c2)c1. The summed E-state index contributed by atoms with van der Waals surface area (Å²) in [6.45, 7) is 0. The van der Waals surface area contributed by atoms with E-state index in [1.165, 1.54) is 13.2 Å². The highest BCUT2D eigenvalue weighted by molar-refractivity contribution is 14.1. The standard InChI is InChI=1S/C14H11IO4/c1-18-10-5-6-12(14(16)17)13(8-10)19-11-4-2-3-9(15)7-11/h2-8H,1H3,(H,16,17). The van der Waals surface area contributed by atoms with Crippen molar-refractivity contribution in [3.63, 3.8) is 0 Å². The number of carbonyl (C=O) groups is 1. The number of halogens is 1. The van der Waals surface area contributed by atoms with Crippen LogP contribution in [0.2, 0.25) is 0 Å². The van der Waals surface area contributed by atoms with E-state index in [0.717, 1.165) is 3.57 Å². The summed E-state index contributed by atoms with van der Waals surface area (Å²) < 4.78 is 11.7. The first kappa shape index (κ1) is 13.7. The highest BCUT2D eigenvalue weighted by atomic mass is 127. The predicted molar refractivity (Wildman–Crippen MR) is 79.2 cm³/mol. The molecule has 0 radical (unpaired) electrons.